The third-order valence-corrected chi connectivity index (χ3v) is 4.31. The molecule has 140 valence electrons. The van der Waals surface area contributed by atoms with Crippen LogP contribution in [0.1, 0.15) is 52.4 Å². The number of likely N-dealkylation sites (tertiary alicyclic amines) is 1. The van der Waals surface area contributed by atoms with Gasteiger partial charge in [-0.3, -0.25) is 14.4 Å². The summed E-state index contributed by atoms with van der Waals surface area (Å²) in [4.78, 5) is 37.5. The van der Waals surface area contributed by atoms with Crippen molar-refractivity contribution in [1.29, 1.82) is 0 Å². The molecule has 0 spiro atoms. The third kappa shape index (κ3) is 7.22. The van der Waals surface area contributed by atoms with E-state index >= 15 is 0 Å². The molecule has 1 fully saturated rings. The molecular weight excluding hydrogens is 318 g/mol. The highest BCUT2D eigenvalue weighted by molar-refractivity contribution is 5.93. The van der Waals surface area contributed by atoms with Gasteiger partial charge in [-0.25, -0.2) is 0 Å². The zero-order valence-corrected chi connectivity index (χ0v) is 15.4. The van der Waals surface area contributed by atoms with Crippen molar-refractivity contribution >= 4 is 17.6 Å². The molecule has 1 aliphatic rings. The Kier molecular flexibility index (Phi) is 9.77. The number of nitrogens with zero attached hydrogens (tertiary/aromatic N) is 1. The van der Waals surface area contributed by atoms with Crippen LogP contribution in [-0.2, 0) is 14.4 Å². The van der Waals surface area contributed by atoms with Crippen molar-refractivity contribution in [3.63, 3.8) is 0 Å². The number of carbonyl (C=O) groups is 3. The second-order valence-corrected chi connectivity index (χ2v) is 6.36. The van der Waals surface area contributed by atoms with Crippen LogP contribution in [0.4, 0.5) is 0 Å². The highest BCUT2D eigenvalue weighted by atomic mass is 16.2. The molecule has 0 bridgehead atoms. The molecule has 1 aliphatic heterocycles. The van der Waals surface area contributed by atoms with Crippen molar-refractivity contribution in [1.82, 2.24) is 10.2 Å². The summed E-state index contributed by atoms with van der Waals surface area (Å²) in [6.07, 6.45) is 13.4. The van der Waals surface area contributed by atoms with E-state index in [1.54, 1.807) is 12.2 Å². The Bertz CT molecular complexity index is 514. The van der Waals surface area contributed by atoms with Gasteiger partial charge in [0, 0.05) is 6.54 Å². The SMILES string of the molecule is CCCCC/C=C\C=CC(NC(=O)C1CCCN1C(=O)CN)C(C)=O. The summed E-state index contributed by atoms with van der Waals surface area (Å²) >= 11 is 0. The van der Waals surface area contributed by atoms with Gasteiger partial charge in [-0.05, 0) is 32.6 Å². The van der Waals surface area contributed by atoms with E-state index in [0.29, 0.717) is 13.0 Å². The van der Waals surface area contributed by atoms with Gasteiger partial charge in [0.2, 0.25) is 11.8 Å². The van der Waals surface area contributed by atoms with Gasteiger partial charge in [0.15, 0.2) is 5.78 Å². The largest absolute Gasteiger partial charge is 0.341 e. The molecule has 6 nitrogen and oxygen atoms in total. The first-order chi connectivity index (χ1) is 12.0. The zero-order chi connectivity index (χ0) is 18.7. The van der Waals surface area contributed by atoms with Gasteiger partial charge in [0.1, 0.15) is 12.1 Å². The minimum absolute atomic E-state index is 0.108. The molecule has 0 radical (unpaired) electrons. The molecule has 1 saturated heterocycles. The lowest BCUT2D eigenvalue weighted by atomic mass is 10.1. The number of rotatable bonds is 10. The van der Waals surface area contributed by atoms with Crippen LogP contribution in [0, 0.1) is 0 Å². The number of Topliss-reactive ketones (excluding diaryl/α,β-unsaturated/α-hetero) is 1. The van der Waals surface area contributed by atoms with Crippen LogP contribution in [0.3, 0.4) is 0 Å². The molecule has 1 rings (SSSR count). The maximum absolute atomic E-state index is 12.4. The van der Waals surface area contributed by atoms with Crippen LogP contribution in [0.5, 0.6) is 0 Å². The smallest absolute Gasteiger partial charge is 0.243 e. The highest BCUT2D eigenvalue weighted by Gasteiger charge is 2.34. The fraction of sp³-hybridized carbons (Fsp3) is 0.632. The minimum atomic E-state index is -0.678. The van der Waals surface area contributed by atoms with Crippen molar-refractivity contribution in [3.8, 4) is 0 Å². The summed E-state index contributed by atoms with van der Waals surface area (Å²) in [5.74, 6) is -0.669. The number of allylic oxidation sites excluding steroid dienone is 3. The van der Waals surface area contributed by atoms with E-state index in [1.807, 2.05) is 6.08 Å². The van der Waals surface area contributed by atoms with E-state index in [9.17, 15) is 14.4 Å². The number of nitrogens with one attached hydrogen (secondary N) is 1. The number of unbranched alkanes of at least 4 members (excludes halogenated alkanes) is 3. The highest BCUT2D eigenvalue weighted by Crippen LogP contribution is 2.17. The fourth-order valence-electron chi connectivity index (χ4n) is 2.85. The Morgan fingerprint density at radius 1 is 1.28 bits per heavy atom. The van der Waals surface area contributed by atoms with Gasteiger partial charge < -0.3 is 16.0 Å². The first-order valence-corrected chi connectivity index (χ1v) is 9.15. The molecule has 0 aromatic heterocycles. The van der Waals surface area contributed by atoms with Crippen LogP contribution in [0.2, 0.25) is 0 Å². The predicted molar refractivity (Wildman–Crippen MR) is 98.8 cm³/mol. The van der Waals surface area contributed by atoms with Crippen molar-refractivity contribution in [3.05, 3.63) is 24.3 Å². The molecule has 0 aliphatic carbocycles. The van der Waals surface area contributed by atoms with Gasteiger partial charge in [-0.2, -0.15) is 0 Å². The summed E-state index contributed by atoms with van der Waals surface area (Å²) in [6, 6.07) is -1.21. The third-order valence-electron chi connectivity index (χ3n) is 4.31. The number of hydrogen-bond donors (Lipinski definition) is 2. The Labute approximate surface area is 150 Å². The molecule has 1 heterocycles. The summed E-state index contributed by atoms with van der Waals surface area (Å²) in [5.41, 5.74) is 5.39. The van der Waals surface area contributed by atoms with E-state index in [4.69, 9.17) is 5.73 Å². The normalized spacial score (nSPS) is 18.8. The molecule has 0 saturated carbocycles. The summed E-state index contributed by atoms with van der Waals surface area (Å²) < 4.78 is 0. The summed E-state index contributed by atoms with van der Waals surface area (Å²) in [6.45, 7) is 4.03. The molecule has 3 N–H and O–H groups in total. The van der Waals surface area contributed by atoms with Crippen molar-refractivity contribution in [2.24, 2.45) is 5.73 Å². The molecule has 6 heteroatoms. The van der Waals surface area contributed by atoms with Crippen LogP contribution in [-0.4, -0.2) is 47.7 Å². The first kappa shape index (κ1) is 21.1. The topological polar surface area (TPSA) is 92.5 Å². The van der Waals surface area contributed by atoms with Crippen molar-refractivity contribution in [2.75, 3.05) is 13.1 Å². The quantitative estimate of drug-likeness (QED) is 0.464. The van der Waals surface area contributed by atoms with Crippen LogP contribution in [0.25, 0.3) is 0 Å². The van der Waals surface area contributed by atoms with Crippen molar-refractivity contribution in [2.45, 2.75) is 64.5 Å². The van der Waals surface area contributed by atoms with Gasteiger partial charge in [0.05, 0.1) is 6.54 Å². The van der Waals surface area contributed by atoms with Gasteiger partial charge >= 0.3 is 0 Å². The Balaban J connectivity index is 2.57. The average molecular weight is 349 g/mol. The van der Waals surface area contributed by atoms with E-state index in [0.717, 1.165) is 19.3 Å². The lowest BCUT2D eigenvalue weighted by Crippen LogP contribution is -2.51. The second-order valence-electron chi connectivity index (χ2n) is 6.36. The molecule has 2 unspecified atom stereocenters. The van der Waals surface area contributed by atoms with Crippen LogP contribution in [0.15, 0.2) is 24.3 Å². The Morgan fingerprint density at radius 2 is 2.04 bits per heavy atom. The zero-order valence-electron chi connectivity index (χ0n) is 15.4. The monoisotopic (exact) mass is 349 g/mol. The van der Waals surface area contributed by atoms with E-state index in [2.05, 4.69) is 18.3 Å². The average Bonchev–Trinajstić information content (AvgIpc) is 3.08. The number of ketones is 1. The Morgan fingerprint density at radius 3 is 2.68 bits per heavy atom. The van der Waals surface area contributed by atoms with Gasteiger partial charge in [0.25, 0.3) is 0 Å². The summed E-state index contributed by atoms with van der Waals surface area (Å²) in [5, 5.41) is 2.73. The maximum atomic E-state index is 12.4. The first-order valence-electron chi connectivity index (χ1n) is 9.15. The lowest BCUT2D eigenvalue weighted by molar-refractivity contribution is -0.138. The second kappa shape index (κ2) is 11.6. The Hall–Kier alpha value is -1.95. The molecule has 0 aromatic carbocycles. The number of amides is 2. The van der Waals surface area contributed by atoms with Crippen LogP contribution >= 0.6 is 0 Å². The van der Waals surface area contributed by atoms with Gasteiger partial charge in [-0.1, -0.05) is 44.1 Å². The van der Waals surface area contributed by atoms with Crippen LogP contribution < -0.4 is 11.1 Å². The lowest BCUT2D eigenvalue weighted by Gasteiger charge is -2.24. The summed E-state index contributed by atoms with van der Waals surface area (Å²) in [7, 11) is 0. The molecule has 2 amide bonds. The molecule has 25 heavy (non-hydrogen) atoms. The standard InChI is InChI=1S/C19H31N3O3/c1-3-4-5-6-7-8-9-11-16(15(2)23)21-19(25)17-12-10-13-22(17)18(24)14-20/h7-9,11,16-17H,3-6,10,12-14,20H2,1-2H3,(H,21,25)/b8-7-,11-9?. The minimum Gasteiger partial charge on any atom is -0.341 e. The molecule has 0 aromatic rings. The number of nitrogens with two attached hydrogens (primary N) is 1. The predicted octanol–water partition coefficient (Wildman–Crippen LogP) is 1.70. The van der Waals surface area contributed by atoms with Crippen molar-refractivity contribution < 1.29 is 14.4 Å². The van der Waals surface area contributed by atoms with E-state index < -0.39 is 12.1 Å². The van der Waals surface area contributed by atoms with E-state index in [-0.39, 0.29) is 24.1 Å². The number of carbonyl (C=O) groups excluding carboxylic acids is 3. The maximum Gasteiger partial charge on any atom is 0.243 e. The molecular formula is C19H31N3O3. The van der Waals surface area contributed by atoms with E-state index in [1.165, 1.54) is 24.7 Å². The molecule has 2 atom stereocenters. The number of hydrogen-bond acceptors (Lipinski definition) is 4. The fourth-order valence-corrected chi connectivity index (χ4v) is 2.85. The van der Waals surface area contributed by atoms with Gasteiger partial charge in [-0.15, -0.1) is 0 Å².